The van der Waals surface area contributed by atoms with Crippen LogP contribution in [0.3, 0.4) is 0 Å². The first-order chi connectivity index (χ1) is 2.00. The molecule has 0 aromatic carbocycles. The zero-order valence-corrected chi connectivity index (χ0v) is 10.7. The van der Waals surface area contributed by atoms with Crippen molar-refractivity contribution >= 4 is 56.5 Å². The Bertz CT molecular complexity index is 110. The SMILES string of the molecule is O.O.O.O.O.O.O.O=S(=O)(O)O.[H-].[H-].[H-].[H-].[Mg+2].[Mg+2]. The molecule has 0 amide bonds. The molecule has 11 nitrogen and oxygen atoms in total. The Kier molecular flexibility index (Phi) is 394. The van der Waals surface area contributed by atoms with Crippen LogP contribution in [0.2, 0.25) is 0 Å². The van der Waals surface area contributed by atoms with Crippen LogP contribution in [-0.2, 0) is 10.4 Å². The van der Waals surface area contributed by atoms with Crippen LogP contribution in [0, 0.1) is 0 Å². The molecule has 14 heteroatoms. The Morgan fingerprint density at radius 3 is 0.643 bits per heavy atom. The molecule has 0 rings (SSSR count). The Balaban J connectivity index is -0.00000000103. The minimum Gasteiger partial charge on any atom is -1.00 e. The molecule has 0 radical (unpaired) electrons. The van der Waals surface area contributed by atoms with Crippen LogP contribution in [0.5, 0.6) is 0 Å². The van der Waals surface area contributed by atoms with Gasteiger partial charge in [0.05, 0.1) is 0 Å². The van der Waals surface area contributed by atoms with E-state index in [9.17, 15) is 0 Å². The topological polar surface area (TPSA) is 295 Å². The van der Waals surface area contributed by atoms with E-state index >= 15 is 0 Å². The largest absolute Gasteiger partial charge is 2.00 e. The van der Waals surface area contributed by atoms with E-state index in [2.05, 4.69) is 0 Å². The maximum atomic E-state index is 8.74. The number of hydrogen-bond acceptors (Lipinski definition) is 2. The van der Waals surface area contributed by atoms with E-state index in [4.69, 9.17) is 17.5 Å². The van der Waals surface area contributed by atoms with Crippen molar-refractivity contribution in [3.05, 3.63) is 0 Å². The fourth-order valence-corrected chi connectivity index (χ4v) is 0. The molecule has 16 N–H and O–H groups in total. The van der Waals surface area contributed by atoms with Crippen LogP contribution >= 0.6 is 0 Å². The van der Waals surface area contributed by atoms with Gasteiger partial charge in [-0.3, -0.25) is 9.11 Å². The Morgan fingerprint density at radius 2 is 0.643 bits per heavy atom. The average Bonchev–Trinajstić information content (AvgIpc) is 0.722. The van der Waals surface area contributed by atoms with Gasteiger partial charge in [0, 0.05) is 0 Å². The van der Waals surface area contributed by atoms with Gasteiger partial charge in [-0.25, -0.2) is 0 Å². The van der Waals surface area contributed by atoms with Crippen molar-refractivity contribution in [2.24, 2.45) is 0 Å². The summed E-state index contributed by atoms with van der Waals surface area (Å²) in [4.78, 5) is 0. The van der Waals surface area contributed by atoms with E-state index < -0.39 is 10.4 Å². The first-order valence-corrected chi connectivity index (χ1v) is 2.10. The normalized spacial score (nSPS) is 4.14. The van der Waals surface area contributed by atoms with Crippen molar-refractivity contribution in [2.75, 3.05) is 0 Å². The molecule has 0 aliphatic heterocycles. The maximum absolute atomic E-state index is 8.74. The van der Waals surface area contributed by atoms with Crippen LogP contribution in [0.15, 0.2) is 0 Å². The molecule has 0 aromatic rings. The third-order valence-corrected chi connectivity index (χ3v) is 0. The second kappa shape index (κ2) is 47.9. The van der Waals surface area contributed by atoms with Crippen molar-refractivity contribution < 1.29 is 61.6 Å². The number of rotatable bonds is 0. The molecule has 0 spiro atoms. The van der Waals surface area contributed by atoms with Crippen LogP contribution in [0.4, 0.5) is 0 Å². The molecule has 0 aromatic heterocycles. The summed E-state index contributed by atoms with van der Waals surface area (Å²) in [5, 5.41) is 0. The number of hydrogen-bond donors (Lipinski definition) is 2. The molecule has 0 atom stereocenters. The van der Waals surface area contributed by atoms with Crippen LogP contribution < -0.4 is 0 Å². The van der Waals surface area contributed by atoms with Gasteiger partial charge in [0.15, 0.2) is 0 Å². The predicted molar refractivity (Wildman–Crippen MR) is 55.4 cm³/mol. The van der Waals surface area contributed by atoms with E-state index in [1.165, 1.54) is 0 Å². The summed E-state index contributed by atoms with van der Waals surface area (Å²) in [6.07, 6.45) is 0. The summed E-state index contributed by atoms with van der Waals surface area (Å²) in [7, 11) is -4.67. The zero-order valence-electron chi connectivity index (χ0n) is 11.0. The van der Waals surface area contributed by atoms with Gasteiger partial charge in [0.2, 0.25) is 0 Å². The molecule has 14 heavy (non-hydrogen) atoms. The van der Waals surface area contributed by atoms with Gasteiger partial charge < -0.3 is 44.0 Å². The summed E-state index contributed by atoms with van der Waals surface area (Å²) in [6, 6.07) is 0. The van der Waals surface area contributed by atoms with Gasteiger partial charge in [-0.2, -0.15) is 8.42 Å². The van der Waals surface area contributed by atoms with E-state index in [1.807, 2.05) is 0 Å². The molecule has 0 saturated carbocycles. The molecular weight excluding hydrogens is 257 g/mol. The Labute approximate surface area is 118 Å². The average molecular weight is 277 g/mol. The summed E-state index contributed by atoms with van der Waals surface area (Å²) in [5.41, 5.74) is 0. The van der Waals surface area contributed by atoms with Gasteiger partial charge >= 0.3 is 56.5 Å². The van der Waals surface area contributed by atoms with Crippen LogP contribution in [0.25, 0.3) is 0 Å². The van der Waals surface area contributed by atoms with Crippen LogP contribution in [0.1, 0.15) is 5.71 Å². The summed E-state index contributed by atoms with van der Waals surface area (Å²) in [5.74, 6) is 0. The van der Waals surface area contributed by atoms with Gasteiger partial charge in [-0.1, -0.05) is 0 Å². The quantitative estimate of drug-likeness (QED) is 0.321. The molecule has 0 aliphatic carbocycles. The molecule has 0 aliphatic rings. The Hall–Kier alpha value is 1.12. The van der Waals surface area contributed by atoms with Crippen LogP contribution in [-0.4, -0.2) is 102 Å². The monoisotopic (exact) mass is 276 g/mol. The molecular formula is H20Mg2O11S. The molecule has 96 valence electrons. The Morgan fingerprint density at radius 1 is 0.643 bits per heavy atom. The summed E-state index contributed by atoms with van der Waals surface area (Å²) in [6.45, 7) is 0. The van der Waals surface area contributed by atoms with Crippen molar-refractivity contribution in [1.82, 2.24) is 0 Å². The third-order valence-electron chi connectivity index (χ3n) is 0. The minimum atomic E-state index is -4.67. The zero-order chi connectivity index (χ0) is 4.50. The third kappa shape index (κ3) is 1530. The van der Waals surface area contributed by atoms with Crippen molar-refractivity contribution in [3.63, 3.8) is 0 Å². The van der Waals surface area contributed by atoms with Gasteiger partial charge in [0.1, 0.15) is 0 Å². The van der Waals surface area contributed by atoms with Gasteiger partial charge in [-0.05, 0) is 0 Å². The molecule has 0 heterocycles. The van der Waals surface area contributed by atoms with Crippen molar-refractivity contribution in [3.8, 4) is 0 Å². The van der Waals surface area contributed by atoms with Gasteiger partial charge in [-0.15, -0.1) is 0 Å². The molecule has 0 unspecified atom stereocenters. The minimum absolute atomic E-state index is 0. The van der Waals surface area contributed by atoms with Crippen molar-refractivity contribution in [2.45, 2.75) is 0 Å². The molecule has 0 bridgehead atoms. The second-order valence-electron chi connectivity index (χ2n) is 0.448. The summed E-state index contributed by atoms with van der Waals surface area (Å²) < 4.78 is 31.6. The second-order valence-corrected chi connectivity index (χ2v) is 1.34. The fraction of sp³-hybridized carbons (Fsp3) is 0. The van der Waals surface area contributed by atoms with E-state index in [0.29, 0.717) is 0 Å². The smallest absolute Gasteiger partial charge is 1.00 e. The van der Waals surface area contributed by atoms with Gasteiger partial charge in [0.25, 0.3) is 0 Å². The molecule has 0 saturated heterocycles. The van der Waals surface area contributed by atoms with E-state index in [0.717, 1.165) is 0 Å². The standard InChI is InChI=1S/2Mg.H2O4S.7H2O.4H/c;;1-5(2,3)4;;;;;;;;;;;/h;;(H2,1,2,3,4);7*1H2;;;;/q2*+2;;;;;;;;;4*-1. The summed E-state index contributed by atoms with van der Waals surface area (Å²) >= 11 is 0. The van der Waals surface area contributed by atoms with E-state index in [-0.39, 0.29) is 90.1 Å². The van der Waals surface area contributed by atoms with E-state index in [1.54, 1.807) is 0 Å². The fourth-order valence-electron chi connectivity index (χ4n) is 0. The van der Waals surface area contributed by atoms with Crippen molar-refractivity contribution in [1.29, 1.82) is 0 Å². The first-order valence-electron chi connectivity index (χ1n) is 0.698. The predicted octanol–water partition coefficient (Wildman–Crippen LogP) is -6.74. The first kappa shape index (κ1) is 115. The maximum Gasteiger partial charge on any atom is 2.00 e. The molecule has 0 fully saturated rings.